The number of nitrogens with one attached hydrogen (secondary N) is 2. The highest BCUT2D eigenvalue weighted by molar-refractivity contribution is 5.94. The first-order valence-electron chi connectivity index (χ1n) is 6.93. The van der Waals surface area contributed by atoms with Gasteiger partial charge in [0.15, 0.2) is 5.75 Å². The summed E-state index contributed by atoms with van der Waals surface area (Å²) in [6, 6.07) is 7.73. The molecule has 1 aromatic heterocycles. The molecule has 1 heterocycles. The van der Waals surface area contributed by atoms with Crippen LogP contribution in [0, 0.1) is 17.0 Å². The first kappa shape index (κ1) is 16.9. The van der Waals surface area contributed by atoms with E-state index in [-0.39, 0.29) is 11.4 Å². The maximum Gasteiger partial charge on any atom is 0.311 e. The second-order valence-corrected chi connectivity index (χ2v) is 4.89. The van der Waals surface area contributed by atoms with E-state index in [2.05, 4.69) is 22.4 Å². The number of nitro groups is 1. The van der Waals surface area contributed by atoms with Crippen molar-refractivity contribution in [1.29, 1.82) is 0 Å². The van der Waals surface area contributed by atoms with Gasteiger partial charge in [0.25, 0.3) is 5.91 Å². The first-order valence-corrected chi connectivity index (χ1v) is 6.93. The highest BCUT2D eigenvalue weighted by Crippen LogP contribution is 2.29. The van der Waals surface area contributed by atoms with Gasteiger partial charge in [-0.3, -0.25) is 30.7 Å². The number of ether oxygens (including phenoxy) is 1. The molecule has 0 radical (unpaired) electrons. The van der Waals surface area contributed by atoms with Crippen molar-refractivity contribution in [3.63, 3.8) is 0 Å². The van der Waals surface area contributed by atoms with Gasteiger partial charge in [0.05, 0.1) is 23.3 Å². The number of carbonyl (C=O) groups is 1. The lowest BCUT2D eigenvalue weighted by atomic mass is 10.1. The zero-order valence-electron chi connectivity index (χ0n) is 13.2. The molecule has 0 spiro atoms. The lowest BCUT2D eigenvalue weighted by Gasteiger charge is -2.12. The first-order chi connectivity index (χ1) is 11.4. The van der Waals surface area contributed by atoms with E-state index in [1.807, 2.05) is 6.92 Å². The van der Waals surface area contributed by atoms with Crippen molar-refractivity contribution in [2.24, 2.45) is 0 Å². The fraction of sp³-hybridized carbons (Fsp3) is 0.125. The van der Waals surface area contributed by atoms with Crippen molar-refractivity contribution in [2.45, 2.75) is 6.92 Å². The zero-order valence-corrected chi connectivity index (χ0v) is 13.2. The van der Waals surface area contributed by atoms with Gasteiger partial charge >= 0.3 is 5.69 Å². The number of hydrazine groups is 1. The van der Waals surface area contributed by atoms with Gasteiger partial charge in [0.2, 0.25) is 0 Å². The second kappa shape index (κ2) is 7.23. The number of hydrogen-bond donors (Lipinski definition) is 2. The Balaban J connectivity index is 2.07. The fourth-order valence-electron chi connectivity index (χ4n) is 1.90. The lowest BCUT2D eigenvalue weighted by molar-refractivity contribution is -0.385. The molecule has 8 heteroatoms. The number of rotatable bonds is 6. The van der Waals surface area contributed by atoms with Crippen LogP contribution in [0.25, 0.3) is 5.70 Å². The third-order valence-electron chi connectivity index (χ3n) is 3.22. The Hall–Kier alpha value is -3.42. The molecule has 0 aliphatic heterocycles. The average Bonchev–Trinajstić information content (AvgIpc) is 2.59. The van der Waals surface area contributed by atoms with Crippen LogP contribution in [-0.2, 0) is 0 Å². The van der Waals surface area contributed by atoms with Crippen LogP contribution in [0.1, 0.15) is 21.6 Å². The molecule has 2 N–H and O–H groups in total. The van der Waals surface area contributed by atoms with Crippen LogP contribution in [0.3, 0.4) is 0 Å². The molecule has 2 rings (SSSR count). The molecule has 8 nitrogen and oxygen atoms in total. The Morgan fingerprint density at radius 2 is 1.96 bits per heavy atom. The SMILES string of the molecule is C=C(NNC(=O)c1ccc(C)nc1)c1ccc(OC)c([N+](=O)[O-])c1. The maximum atomic E-state index is 12.0. The summed E-state index contributed by atoms with van der Waals surface area (Å²) in [7, 11) is 1.35. The van der Waals surface area contributed by atoms with Crippen LogP contribution in [-0.4, -0.2) is 22.9 Å². The molecule has 0 unspecified atom stereocenters. The number of benzene rings is 1. The number of aryl methyl sites for hydroxylation is 1. The minimum Gasteiger partial charge on any atom is -0.490 e. The highest BCUT2D eigenvalue weighted by atomic mass is 16.6. The summed E-state index contributed by atoms with van der Waals surface area (Å²) in [5.41, 5.74) is 6.83. The van der Waals surface area contributed by atoms with Crippen LogP contribution in [0.5, 0.6) is 5.75 Å². The van der Waals surface area contributed by atoms with E-state index in [1.165, 1.54) is 25.4 Å². The number of aromatic nitrogens is 1. The summed E-state index contributed by atoms with van der Waals surface area (Å²) in [6.07, 6.45) is 1.45. The number of pyridine rings is 1. The Morgan fingerprint density at radius 3 is 2.54 bits per heavy atom. The molecular formula is C16H16N4O4. The normalized spacial score (nSPS) is 9.92. The maximum absolute atomic E-state index is 12.0. The lowest BCUT2D eigenvalue weighted by Crippen LogP contribution is -2.35. The van der Waals surface area contributed by atoms with Gasteiger partial charge in [-0.1, -0.05) is 6.58 Å². The van der Waals surface area contributed by atoms with Crippen LogP contribution >= 0.6 is 0 Å². The van der Waals surface area contributed by atoms with E-state index in [0.29, 0.717) is 16.8 Å². The molecule has 0 atom stereocenters. The van der Waals surface area contributed by atoms with Crippen LogP contribution in [0.4, 0.5) is 5.69 Å². The minimum absolute atomic E-state index is 0.145. The Morgan fingerprint density at radius 1 is 1.25 bits per heavy atom. The molecule has 2 aromatic rings. The second-order valence-electron chi connectivity index (χ2n) is 4.89. The number of hydrogen-bond acceptors (Lipinski definition) is 6. The highest BCUT2D eigenvalue weighted by Gasteiger charge is 2.16. The van der Waals surface area contributed by atoms with Gasteiger partial charge in [-0.2, -0.15) is 0 Å². The summed E-state index contributed by atoms with van der Waals surface area (Å²) >= 11 is 0. The van der Waals surface area contributed by atoms with E-state index >= 15 is 0 Å². The monoisotopic (exact) mass is 328 g/mol. The van der Waals surface area contributed by atoms with Crippen molar-refractivity contribution >= 4 is 17.3 Å². The standard InChI is InChI=1S/C16H16N4O4/c1-10-4-5-13(9-17-10)16(21)19-18-11(2)12-6-7-15(24-3)14(8-12)20(22)23/h4-9,18H,2H2,1,3H3,(H,19,21). The van der Waals surface area contributed by atoms with Gasteiger partial charge in [-0.05, 0) is 31.2 Å². The Bertz CT molecular complexity index is 787. The summed E-state index contributed by atoms with van der Waals surface area (Å²) < 4.78 is 4.94. The van der Waals surface area contributed by atoms with Gasteiger partial charge in [0.1, 0.15) is 0 Å². The van der Waals surface area contributed by atoms with Crippen molar-refractivity contribution in [3.05, 3.63) is 70.0 Å². The molecule has 124 valence electrons. The van der Waals surface area contributed by atoms with E-state index in [9.17, 15) is 14.9 Å². The third kappa shape index (κ3) is 3.86. The molecular weight excluding hydrogens is 312 g/mol. The van der Waals surface area contributed by atoms with Crippen LogP contribution in [0.2, 0.25) is 0 Å². The van der Waals surface area contributed by atoms with Gasteiger partial charge in [-0.15, -0.1) is 0 Å². The fourth-order valence-corrected chi connectivity index (χ4v) is 1.90. The van der Waals surface area contributed by atoms with Crippen molar-refractivity contribution < 1.29 is 14.5 Å². The summed E-state index contributed by atoms with van der Waals surface area (Å²) in [6.45, 7) is 5.57. The largest absolute Gasteiger partial charge is 0.490 e. The predicted molar refractivity (Wildman–Crippen MR) is 88.3 cm³/mol. The molecule has 1 aromatic carbocycles. The summed E-state index contributed by atoms with van der Waals surface area (Å²) in [5, 5.41) is 11.0. The average molecular weight is 328 g/mol. The van der Waals surface area contributed by atoms with Gasteiger partial charge in [-0.25, -0.2) is 0 Å². The van der Waals surface area contributed by atoms with Crippen LogP contribution < -0.4 is 15.6 Å². The number of methoxy groups -OCH3 is 1. The smallest absolute Gasteiger partial charge is 0.311 e. The molecule has 0 fully saturated rings. The van der Waals surface area contributed by atoms with E-state index in [4.69, 9.17) is 4.74 Å². The van der Waals surface area contributed by atoms with Gasteiger partial charge in [0, 0.05) is 23.5 Å². The van der Waals surface area contributed by atoms with E-state index in [0.717, 1.165) is 5.69 Å². The zero-order chi connectivity index (χ0) is 17.7. The van der Waals surface area contributed by atoms with Gasteiger partial charge < -0.3 is 4.74 Å². The number of nitro benzene ring substituents is 1. The van der Waals surface area contributed by atoms with Crippen LogP contribution in [0.15, 0.2) is 43.1 Å². The molecule has 0 aliphatic carbocycles. The van der Waals surface area contributed by atoms with E-state index in [1.54, 1.807) is 18.2 Å². The molecule has 0 bridgehead atoms. The molecule has 0 saturated carbocycles. The molecule has 24 heavy (non-hydrogen) atoms. The van der Waals surface area contributed by atoms with Crippen molar-refractivity contribution in [1.82, 2.24) is 15.8 Å². The summed E-state index contributed by atoms with van der Waals surface area (Å²) in [4.78, 5) is 26.5. The molecule has 1 amide bonds. The topological polar surface area (TPSA) is 106 Å². The molecule has 0 saturated heterocycles. The van der Waals surface area contributed by atoms with E-state index < -0.39 is 10.8 Å². The third-order valence-corrected chi connectivity index (χ3v) is 3.22. The van der Waals surface area contributed by atoms with Crippen molar-refractivity contribution in [3.8, 4) is 5.75 Å². The number of nitrogens with zero attached hydrogens (tertiary/aromatic N) is 2. The Kier molecular flexibility index (Phi) is 5.10. The predicted octanol–water partition coefficient (Wildman–Crippen LogP) is 2.21. The number of amides is 1. The molecule has 0 aliphatic rings. The Labute approximate surface area is 138 Å². The number of carbonyl (C=O) groups excluding carboxylic acids is 1. The van der Waals surface area contributed by atoms with Crippen molar-refractivity contribution in [2.75, 3.05) is 7.11 Å². The quantitative estimate of drug-likeness (QED) is 0.622. The minimum atomic E-state index is -0.549. The summed E-state index contributed by atoms with van der Waals surface area (Å²) in [5.74, 6) is -0.252.